The Morgan fingerprint density at radius 3 is 3.00 bits per heavy atom. The molecule has 0 aliphatic heterocycles. The molecule has 1 aliphatic rings. The summed E-state index contributed by atoms with van der Waals surface area (Å²) < 4.78 is 0. The van der Waals surface area contributed by atoms with Crippen molar-refractivity contribution in [2.45, 2.75) is 26.2 Å². The van der Waals surface area contributed by atoms with Crippen molar-refractivity contribution >= 4 is 5.97 Å². The van der Waals surface area contributed by atoms with E-state index in [-0.39, 0.29) is 0 Å². The molecule has 0 saturated carbocycles. The highest BCUT2D eigenvalue weighted by atomic mass is 16.4. The second kappa shape index (κ2) is 3.94. The van der Waals surface area contributed by atoms with Crippen molar-refractivity contribution in [3.8, 4) is 11.3 Å². The van der Waals surface area contributed by atoms with Crippen molar-refractivity contribution in [1.29, 1.82) is 0 Å². The number of nitrogens with zero attached hydrogens (tertiary/aromatic N) is 2. The maximum absolute atomic E-state index is 11.3. The van der Waals surface area contributed by atoms with Crippen molar-refractivity contribution in [3.05, 3.63) is 35.0 Å². The van der Waals surface area contributed by atoms with Gasteiger partial charge < -0.3 is 10.1 Å². The molecule has 0 amide bonds. The van der Waals surface area contributed by atoms with E-state index < -0.39 is 5.97 Å². The van der Waals surface area contributed by atoms with Crippen LogP contribution in [0.1, 0.15) is 33.7 Å². The summed E-state index contributed by atoms with van der Waals surface area (Å²) in [4.78, 5) is 22.8. The SMILES string of the molecule is Cc1ncnc2c1CCCc1[nH]cc(C(=O)O)c1-2. The van der Waals surface area contributed by atoms with Crippen LogP contribution in [0.25, 0.3) is 11.3 Å². The molecule has 0 radical (unpaired) electrons. The zero-order valence-corrected chi connectivity index (χ0v) is 10.0. The van der Waals surface area contributed by atoms with E-state index in [9.17, 15) is 9.90 Å². The molecule has 92 valence electrons. The number of carboxylic acid groups (broad SMARTS) is 1. The van der Waals surface area contributed by atoms with Crippen LogP contribution in [0, 0.1) is 6.92 Å². The Morgan fingerprint density at radius 2 is 2.22 bits per heavy atom. The molecule has 5 nitrogen and oxygen atoms in total. The fraction of sp³-hybridized carbons (Fsp3) is 0.308. The number of hydrogen-bond donors (Lipinski definition) is 2. The monoisotopic (exact) mass is 243 g/mol. The van der Waals surface area contributed by atoms with Gasteiger partial charge in [0.2, 0.25) is 0 Å². The first-order valence-electron chi connectivity index (χ1n) is 5.93. The fourth-order valence-electron chi connectivity index (χ4n) is 2.56. The Bertz CT molecular complexity index is 631. The van der Waals surface area contributed by atoms with E-state index in [1.54, 1.807) is 6.20 Å². The normalized spacial score (nSPS) is 13.6. The summed E-state index contributed by atoms with van der Waals surface area (Å²) in [5.41, 5.74) is 4.77. The smallest absolute Gasteiger partial charge is 0.337 e. The van der Waals surface area contributed by atoms with Crippen LogP contribution in [0.3, 0.4) is 0 Å². The summed E-state index contributed by atoms with van der Waals surface area (Å²) >= 11 is 0. The molecular weight excluding hydrogens is 230 g/mol. The summed E-state index contributed by atoms with van der Waals surface area (Å²) in [7, 11) is 0. The van der Waals surface area contributed by atoms with Crippen LogP contribution in [0.5, 0.6) is 0 Å². The van der Waals surface area contributed by atoms with Crippen LogP contribution in [-0.2, 0) is 12.8 Å². The summed E-state index contributed by atoms with van der Waals surface area (Å²) in [6, 6.07) is 0. The number of hydrogen-bond acceptors (Lipinski definition) is 3. The summed E-state index contributed by atoms with van der Waals surface area (Å²) in [6.45, 7) is 1.94. The van der Waals surface area contributed by atoms with E-state index in [2.05, 4.69) is 15.0 Å². The first-order chi connectivity index (χ1) is 8.68. The third-order valence-corrected chi connectivity index (χ3v) is 3.44. The van der Waals surface area contributed by atoms with Crippen molar-refractivity contribution < 1.29 is 9.90 Å². The molecular formula is C13H13N3O2. The number of aromatic carboxylic acids is 1. The van der Waals surface area contributed by atoms with Gasteiger partial charge in [-0.15, -0.1) is 0 Å². The van der Waals surface area contributed by atoms with Crippen LogP contribution < -0.4 is 0 Å². The molecule has 0 fully saturated rings. The molecule has 2 heterocycles. The van der Waals surface area contributed by atoms with Gasteiger partial charge in [0.1, 0.15) is 6.33 Å². The zero-order chi connectivity index (χ0) is 12.7. The molecule has 0 aromatic carbocycles. The first-order valence-corrected chi connectivity index (χ1v) is 5.93. The second-order valence-corrected chi connectivity index (χ2v) is 4.50. The number of carbonyl (C=O) groups is 1. The molecule has 2 aromatic heterocycles. The molecule has 0 saturated heterocycles. The fourth-order valence-corrected chi connectivity index (χ4v) is 2.56. The number of nitrogens with one attached hydrogen (secondary N) is 1. The predicted octanol–water partition coefficient (Wildman–Crippen LogP) is 1.97. The second-order valence-electron chi connectivity index (χ2n) is 4.50. The highest BCUT2D eigenvalue weighted by Gasteiger charge is 2.24. The third kappa shape index (κ3) is 1.51. The molecule has 0 unspecified atom stereocenters. The predicted molar refractivity (Wildman–Crippen MR) is 65.5 cm³/mol. The molecule has 2 N–H and O–H groups in total. The van der Waals surface area contributed by atoms with Crippen molar-refractivity contribution in [3.63, 3.8) is 0 Å². The molecule has 3 rings (SSSR count). The minimum atomic E-state index is -0.920. The number of aromatic nitrogens is 3. The molecule has 0 bridgehead atoms. The number of rotatable bonds is 1. The lowest BCUT2D eigenvalue weighted by Gasteiger charge is -2.08. The third-order valence-electron chi connectivity index (χ3n) is 3.44. The van der Waals surface area contributed by atoms with Crippen LogP contribution in [0.4, 0.5) is 0 Å². The molecule has 0 spiro atoms. The van der Waals surface area contributed by atoms with Gasteiger partial charge in [0, 0.05) is 23.1 Å². The Balaban J connectivity index is 2.32. The Kier molecular flexibility index (Phi) is 2.40. The molecule has 1 aliphatic carbocycles. The molecule has 5 heteroatoms. The highest BCUT2D eigenvalue weighted by molar-refractivity contribution is 5.97. The largest absolute Gasteiger partial charge is 0.478 e. The highest BCUT2D eigenvalue weighted by Crippen LogP contribution is 2.34. The van der Waals surface area contributed by atoms with Gasteiger partial charge in [0.15, 0.2) is 0 Å². The molecule has 0 atom stereocenters. The van der Waals surface area contributed by atoms with Gasteiger partial charge in [0.25, 0.3) is 0 Å². The van der Waals surface area contributed by atoms with Crippen LogP contribution in [0.15, 0.2) is 12.5 Å². The van der Waals surface area contributed by atoms with Crippen molar-refractivity contribution in [2.75, 3.05) is 0 Å². The standard InChI is InChI=1S/C13H13N3O2/c1-7-8-3-2-4-10-11(12(8)16-6-15-7)9(5-14-10)13(17)18/h5-6,14H,2-4H2,1H3,(H,17,18). The quantitative estimate of drug-likeness (QED) is 0.802. The van der Waals surface area contributed by atoms with Crippen molar-refractivity contribution in [1.82, 2.24) is 15.0 Å². The lowest BCUT2D eigenvalue weighted by atomic mass is 10.0. The van der Waals surface area contributed by atoms with Gasteiger partial charge in [0.05, 0.1) is 11.3 Å². The number of aryl methyl sites for hydroxylation is 2. The number of H-pyrrole nitrogens is 1. The topological polar surface area (TPSA) is 78.9 Å². The van der Waals surface area contributed by atoms with Gasteiger partial charge in [-0.1, -0.05) is 0 Å². The molecule has 18 heavy (non-hydrogen) atoms. The van der Waals surface area contributed by atoms with Gasteiger partial charge >= 0.3 is 5.97 Å². The van der Waals surface area contributed by atoms with Crippen LogP contribution in [0.2, 0.25) is 0 Å². The number of carboxylic acids is 1. The van der Waals surface area contributed by atoms with E-state index in [1.165, 1.54) is 6.33 Å². The first kappa shape index (κ1) is 11.0. The molecule has 2 aromatic rings. The van der Waals surface area contributed by atoms with Gasteiger partial charge in [-0.2, -0.15) is 0 Å². The number of fused-ring (bicyclic) bond motifs is 3. The van der Waals surface area contributed by atoms with E-state index in [0.29, 0.717) is 5.56 Å². The lowest BCUT2D eigenvalue weighted by molar-refractivity contribution is 0.0698. The zero-order valence-electron chi connectivity index (χ0n) is 10.0. The van der Waals surface area contributed by atoms with E-state index in [4.69, 9.17) is 0 Å². The van der Waals surface area contributed by atoms with E-state index in [1.807, 2.05) is 6.92 Å². The summed E-state index contributed by atoms with van der Waals surface area (Å²) in [5, 5.41) is 9.25. The van der Waals surface area contributed by atoms with Crippen LogP contribution in [-0.4, -0.2) is 26.0 Å². The van der Waals surface area contributed by atoms with E-state index >= 15 is 0 Å². The Hall–Kier alpha value is -2.17. The van der Waals surface area contributed by atoms with Gasteiger partial charge in [-0.05, 0) is 31.7 Å². The average Bonchev–Trinajstić information content (AvgIpc) is 2.67. The van der Waals surface area contributed by atoms with E-state index in [0.717, 1.165) is 47.5 Å². The van der Waals surface area contributed by atoms with Gasteiger partial charge in [-0.25, -0.2) is 14.8 Å². The Morgan fingerprint density at radius 1 is 1.39 bits per heavy atom. The lowest BCUT2D eigenvalue weighted by Crippen LogP contribution is -2.02. The summed E-state index contributed by atoms with van der Waals surface area (Å²) in [5.74, 6) is -0.920. The maximum Gasteiger partial charge on any atom is 0.337 e. The average molecular weight is 243 g/mol. The van der Waals surface area contributed by atoms with Crippen LogP contribution >= 0.6 is 0 Å². The maximum atomic E-state index is 11.3. The van der Waals surface area contributed by atoms with Crippen molar-refractivity contribution in [2.24, 2.45) is 0 Å². The minimum Gasteiger partial charge on any atom is -0.478 e. The summed E-state index contributed by atoms with van der Waals surface area (Å²) in [6.07, 6.45) is 5.78. The number of aromatic amines is 1. The minimum absolute atomic E-state index is 0.297. The van der Waals surface area contributed by atoms with Gasteiger partial charge in [-0.3, -0.25) is 0 Å². The Labute approximate surface area is 104 Å².